The van der Waals surface area contributed by atoms with E-state index in [-0.39, 0.29) is 13.0 Å². The minimum absolute atomic E-state index is 0.184. The normalized spacial score (nSPS) is 20.7. The van der Waals surface area contributed by atoms with Crippen LogP contribution < -0.4 is 0 Å². The second kappa shape index (κ2) is 9.82. The summed E-state index contributed by atoms with van der Waals surface area (Å²) in [5.41, 5.74) is 1.02. The Hall–Kier alpha value is -1.96. The van der Waals surface area contributed by atoms with Crippen LogP contribution in [0.4, 0.5) is 0 Å². The van der Waals surface area contributed by atoms with Crippen molar-refractivity contribution < 1.29 is 33.3 Å². The van der Waals surface area contributed by atoms with Crippen LogP contribution in [0.15, 0.2) is 30.3 Å². The van der Waals surface area contributed by atoms with Crippen molar-refractivity contribution in [3.63, 3.8) is 0 Å². The number of carbonyl (C=O) groups is 2. The lowest BCUT2D eigenvalue weighted by atomic mass is 10.1. The van der Waals surface area contributed by atoms with Gasteiger partial charge in [0, 0.05) is 20.3 Å². The molecule has 0 amide bonds. The molecule has 0 spiro atoms. The standard InChI is InChI=1S/C20H28O7/c1-14(21)25-17(12-23-11-16-8-6-5-7-9-16)10-18(26-15(2)22)19-13-24-20(3,4)27-19/h5-9,17-19H,10-13H2,1-4H3/t17-,18+,19-/m1/s1. The van der Waals surface area contributed by atoms with Gasteiger partial charge in [0.25, 0.3) is 0 Å². The molecule has 1 saturated heterocycles. The molecule has 0 saturated carbocycles. The van der Waals surface area contributed by atoms with Crippen molar-refractivity contribution >= 4 is 11.9 Å². The molecule has 150 valence electrons. The molecular weight excluding hydrogens is 352 g/mol. The Morgan fingerprint density at radius 2 is 1.81 bits per heavy atom. The Morgan fingerprint density at radius 1 is 1.15 bits per heavy atom. The third kappa shape index (κ3) is 7.66. The predicted molar refractivity (Wildman–Crippen MR) is 96.7 cm³/mol. The maximum Gasteiger partial charge on any atom is 0.302 e. The quantitative estimate of drug-likeness (QED) is 0.609. The molecule has 27 heavy (non-hydrogen) atoms. The van der Waals surface area contributed by atoms with Crippen molar-refractivity contribution in [2.45, 2.75) is 64.8 Å². The maximum atomic E-state index is 11.5. The second-order valence-electron chi connectivity index (χ2n) is 6.98. The van der Waals surface area contributed by atoms with Gasteiger partial charge < -0.3 is 23.7 Å². The van der Waals surface area contributed by atoms with Gasteiger partial charge >= 0.3 is 11.9 Å². The van der Waals surface area contributed by atoms with Crippen molar-refractivity contribution in [2.24, 2.45) is 0 Å². The molecule has 1 fully saturated rings. The number of carbonyl (C=O) groups excluding carboxylic acids is 2. The fourth-order valence-electron chi connectivity index (χ4n) is 2.91. The van der Waals surface area contributed by atoms with Gasteiger partial charge in [-0.15, -0.1) is 0 Å². The third-order valence-corrected chi connectivity index (χ3v) is 4.01. The Morgan fingerprint density at radius 3 is 2.37 bits per heavy atom. The van der Waals surface area contributed by atoms with E-state index in [1.807, 2.05) is 30.3 Å². The highest BCUT2D eigenvalue weighted by Gasteiger charge is 2.40. The Bertz CT molecular complexity index is 614. The predicted octanol–water partition coefficient (Wildman–Crippen LogP) is 2.61. The van der Waals surface area contributed by atoms with Crippen LogP contribution in [0.5, 0.6) is 0 Å². The van der Waals surface area contributed by atoms with E-state index in [2.05, 4.69) is 0 Å². The summed E-state index contributed by atoms with van der Waals surface area (Å²) in [6, 6.07) is 9.69. The molecule has 1 aromatic carbocycles. The van der Waals surface area contributed by atoms with Gasteiger partial charge in [-0.1, -0.05) is 30.3 Å². The average Bonchev–Trinajstić information content (AvgIpc) is 2.94. The first-order chi connectivity index (χ1) is 12.7. The van der Waals surface area contributed by atoms with Gasteiger partial charge in [-0.2, -0.15) is 0 Å². The van der Waals surface area contributed by atoms with Gasteiger partial charge in [-0.25, -0.2) is 0 Å². The van der Waals surface area contributed by atoms with Gasteiger partial charge in [0.05, 0.1) is 19.8 Å². The molecular formula is C20H28O7. The van der Waals surface area contributed by atoms with Crippen molar-refractivity contribution in [2.75, 3.05) is 13.2 Å². The molecule has 3 atom stereocenters. The van der Waals surface area contributed by atoms with Crippen molar-refractivity contribution in [3.8, 4) is 0 Å². The summed E-state index contributed by atoms with van der Waals surface area (Å²) in [5.74, 6) is -1.60. The highest BCUT2D eigenvalue weighted by molar-refractivity contribution is 5.66. The topological polar surface area (TPSA) is 80.3 Å². The first-order valence-electron chi connectivity index (χ1n) is 9.03. The van der Waals surface area contributed by atoms with E-state index >= 15 is 0 Å². The van der Waals surface area contributed by atoms with Crippen LogP contribution in [0.25, 0.3) is 0 Å². The van der Waals surface area contributed by atoms with Crippen molar-refractivity contribution in [1.82, 2.24) is 0 Å². The minimum Gasteiger partial charge on any atom is -0.460 e. The SMILES string of the molecule is CC(=O)O[C@@H](COCc1ccccc1)C[C@H](OC(C)=O)[C@H]1COC(C)(C)O1. The summed E-state index contributed by atoms with van der Waals surface area (Å²) < 4.78 is 27.9. The lowest BCUT2D eigenvalue weighted by molar-refractivity contribution is -0.175. The number of hydrogen-bond donors (Lipinski definition) is 0. The monoisotopic (exact) mass is 380 g/mol. The Labute approximate surface area is 159 Å². The van der Waals surface area contributed by atoms with Crippen molar-refractivity contribution in [3.05, 3.63) is 35.9 Å². The van der Waals surface area contributed by atoms with E-state index in [9.17, 15) is 9.59 Å². The lowest BCUT2D eigenvalue weighted by Gasteiger charge is -2.27. The van der Waals surface area contributed by atoms with Crippen LogP contribution >= 0.6 is 0 Å². The molecule has 1 aromatic rings. The first-order valence-corrected chi connectivity index (χ1v) is 9.03. The van der Waals surface area contributed by atoms with Gasteiger partial charge in [0.1, 0.15) is 18.3 Å². The number of esters is 2. The van der Waals surface area contributed by atoms with E-state index in [4.69, 9.17) is 23.7 Å². The summed E-state index contributed by atoms with van der Waals surface area (Å²) in [4.78, 5) is 23.0. The van der Waals surface area contributed by atoms with Crippen LogP contribution in [-0.4, -0.2) is 49.3 Å². The second-order valence-corrected chi connectivity index (χ2v) is 6.98. The summed E-state index contributed by atoms with van der Waals surface area (Å²) >= 11 is 0. The van der Waals surface area contributed by atoms with Crippen LogP contribution in [0.3, 0.4) is 0 Å². The minimum atomic E-state index is -0.746. The zero-order valence-corrected chi connectivity index (χ0v) is 16.3. The Kier molecular flexibility index (Phi) is 7.77. The Balaban J connectivity index is 1.97. The molecule has 2 rings (SSSR count). The van der Waals surface area contributed by atoms with Crippen LogP contribution in [0.2, 0.25) is 0 Å². The molecule has 0 aromatic heterocycles. The number of benzene rings is 1. The largest absolute Gasteiger partial charge is 0.460 e. The summed E-state index contributed by atoms with van der Waals surface area (Å²) in [6.45, 7) is 7.14. The van der Waals surface area contributed by atoms with Crippen LogP contribution in [-0.2, 0) is 39.9 Å². The molecule has 1 aliphatic rings. The number of hydrogen-bond acceptors (Lipinski definition) is 7. The highest BCUT2D eigenvalue weighted by Crippen LogP contribution is 2.27. The summed E-state index contributed by atoms with van der Waals surface area (Å²) in [6.07, 6.45) is -1.34. The van der Waals surface area contributed by atoms with Gasteiger partial charge in [-0.3, -0.25) is 9.59 Å². The fourth-order valence-corrected chi connectivity index (χ4v) is 2.91. The molecule has 1 heterocycles. The molecule has 1 aliphatic heterocycles. The molecule has 0 unspecified atom stereocenters. The highest BCUT2D eigenvalue weighted by atomic mass is 16.8. The number of rotatable bonds is 9. The van der Waals surface area contributed by atoms with Crippen LogP contribution in [0.1, 0.15) is 39.7 Å². The molecule has 7 heteroatoms. The summed E-state index contributed by atoms with van der Waals surface area (Å²) in [7, 11) is 0. The number of ether oxygens (including phenoxy) is 5. The van der Waals surface area contributed by atoms with E-state index in [1.54, 1.807) is 13.8 Å². The van der Waals surface area contributed by atoms with Gasteiger partial charge in [-0.05, 0) is 19.4 Å². The third-order valence-electron chi connectivity index (χ3n) is 4.01. The first kappa shape index (κ1) is 21.3. The smallest absolute Gasteiger partial charge is 0.302 e. The van der Waals surface area contributed by atoms with E-state index in [1.165, 1.54) is 13.8 Å². The van der Waals surface area contributed by atoms with E-state index < -0.39 is 36.0 Å². The maximum absolute atomic E-state index is 11.5. The molecule has 0 bridgehead atoms. The molecule has 7 nitrogen and oxygen atoms in total. The average molecular weight is 380 g/mol. The fraction of sp³-hybridized carbons (Fsp3) is 0.600. The van der Waals surface area contributed by atoms with E-state index in [0.29, 0.717) is 13.2 Å². The van der Waals surface area contributed by atoms with Crippen LogP contribution in [0, 0.1) is 0 Å². The summed E-state index contributed by atoms with van der Waals surface area (Å²) in [5, 5.41) is 0. The van der Waals surface area contributed by atoms with Crippen molar-refractivity contribution in [1.29, 1.82) is 0 Å². The zero-order chi connectivity index (χ0) is 19.9. The zero-order valence-electron chi connectivity index (χ0n) is 16.3. The molecule has 0 radical (unpaired) electrons. The van der Waals surface area contributed by atoms with Gasteiger partial charge in [0.15, 0.2) is 5.79 Å². The lowest BCUT2D eigenvalue weighted by Crippen LogP contribution is -2.39. The molecule has 0 N–H and O–H groups in total. The van der Waals surface area contributed by atoms with Gasteiger partial charge in [0.2, 0.25) is 0 Å². The molecule has 0 aliphatic carbocycles. The van der Waals surface area contributed by atoms with E-state index in [0.717, 1.165) is 5.56 Å².